The van der Waals surface area contributed by atoms with Gasteiger partial charge in [-0.05, 0) is 61.9 Å². The van der Waals surface area contributed by atoms with Crippen LogP contribution in [0.2, 0.25) is 0 Å². The second-order valence-electron chi connectivity index (χ2n) is 9.15. The summed E-state index contributed by atoms with van der Waals surface area (Å²) in [5, 5.41) is 3.55. The van der Waals surface area contributed by atoms with Crippen LogP contribution in [-0.2, 0) is 4.74 Å². The number of aromatic nitrogens is 3. The van der Waals surface area contributed by atoms with Gasteiger partial charge in [0.25, 0.3) is 5.56 Å². The minimum Gasteiger partial charge on any atom is -0.375 e. The number of nitrogens with zero attached hydrogens (tertiary/aromatic N) is 3. The number of aryl methyl sites for hydroxylation is 1. The molecule has 188 valence electrons. The molecule has 9 heteroatoms. The number of hydrogen-bond donors (Lipinski definition) is 2. The maximum atomic E-state index is 12.4. The number of pyridine rings is 1. The first-order valence-electron chi connectivity index (χ1n) is 12.3. The Bertz CT molecular complexity index is 1510. The third-order valence-electron chi connectivity index (χ3n) is 6.52. The maximum absolute atomic E-state index is 12.4. The van der Waals surface area contributed by atoms with Gasteiger partial charge in [-0.25, -0.2) is 9.97 Å². The molecule has 1 fully saturated rings. The lowest BCUT2D eigenvalue weighted by molar-refractivity contribution is 0.0378. The molecule has 6 rings (SSSR count). The SMILES string of the molecule is Cc1ccnc(C(C)Nc2ccc3c(c2)Sc2cccc(C4CN(c5ccc[nH]c5=O)CCO4)c2S3)n1. The minimum atomic E-state index is -0.103. The number of rotatable bonds is 5. The van der Waals surface area contributed by atoms with Crippen LogP contribution in [0.5, 0.6) is 0 Å². The second-order valence-corrected chi connectivity index (χ2v) is 11.3. The topological polar surface area (TPSA) is 83.1 Å². The number of nitrogens with one attached hydrogen (secondary N) is 2. The van der Waals surface area contributed by atoms with Gasteiger partial charge in [0.05, 0.1) is 12.6 Å². The molecule has 2 atom stereocenters. The molecule has 0 saturated carbocycles. The first-order chi connectivity index (χ1) is 18.0. The number of fused-ring (bicyclic) bond motifs is 2. The van der Waals surface area contributed by atoms with E-state index in [0.717, 1.165) is 17.2 Å². The van der Waals surface area contributed by atoms with Crippen LogP contribution in [0, 0.1) is 6.92 Å². The number of aromatic amines is 1. The van der Waals surface area contributed by atoms with Gasteiger partial charge in [-0.2, -0.15) is 0 Å². The van der Waals surface area contributed by atoms with Crippen LogP contribution in [-0.4, -0.2) is 34.6 Å². The van der Waals surface area contributed by atoms with Gasteiger partial charge in [-0.3, -0.25) is 4.79 Å². The summed E-state index contributed by atoms with van der Waals surface area (Å²) in [5.41, 5.74) is 3.81. The molecular weight excluding hydrogens is 502 g/mol. The smallest absolute Gasteiger partial charge is 0.271 e. The van der Waals surface area contributed by atoms with Crippen molar-refractivity contribution in [3.8, 4) is 0 Å². The van der Waals surface area contributed by atoms with Gasteiger partial charge in [0.2, 0.25) is 0 Å². The highest BCUT2D eigenvalue weighted by Crippen LogP contribution is 2.51. The molecule has 0 bridgehead atoms. The van der Waals surface area contributed by atoms with Gasteiger partial charge >= 0.3 is 0 Å². The van der Waals surface area contributed by atoms with Gasteiger partial charge in [-0.1, -0.05) is 35.7 Å². The zero-order chi connectivity index (χ0) is 25.4. The van der Waals surface area contributed by atoms with E-state index in [2.05, 4.69) is 68.5 Å². The Kier molecular flexibility index (Phi) is 6.67. The summed E-state index contributed by atoms with van der Waals surface area (Å²) in [7, 11) is 0. The highest BCUT2D eigenvalue weighted by molar-refractivity contribution is 8.05. The maximum Gasteiger partial charge on any atom is 0.271 e. The van der Waals surface area contributed by atoms with Crippen LogP contribution in [0.25, 0.3) is 0 Å². The fourth-order valence-corrected chi connectivity index (χ4v) is 7.13. The molecule has 2 unspecified atom stereocenters. The van der Waals surface area contributed by atoms with Crippen molar-refractivity contribution in [1.29, 1.82) is 0 Å². The van der Waals surface area contributed by atoms with Gasteiger partial charge < -0.3 is 19.9 Å². The normalized spacial score (nSPS) is 17.6. The third kappa shape index (κ3) is 4.99. The highest BCUT2D eigenvalue weighted by Gasteiger charge is 2.29. The molecule has 2 N–H and O–H groups in total. The number of morpholine rings is 1. The predicted octanol–water partition coefficient (Wildman–Crippen LogP) is 5.84. The summed E-state index contributed by atoms with van der Waals surface area (Å²) < 4.78 is 6.22. The van der Waals surface area contributed by atoms with Gasteiger partial charge in [0.1, 0.15) is 17.6 Å². The van der Waals surface area contributed by atoms with Gasteiger partial charge in [-0.15, -0.1) is 0 Å². The number of benzene rings is 2. The molecule has 4 heterocycles. The molecule has 4 aromatic rings. The number of H-pyrrole nitrogens is 1. The average molecular weight is 530 g/mol. The lowest BCUT2D eigenvalue weighted by atomic mass is 10.1. The molecule has 7 nitrogen and oxygen atoms in total. The first kappa shape index (κ1) is 24.1. The van der Waals surface area contributed by atoms with Gasteiger partial charge in [0, 0.05) is 56.4 Å². The van der Waals surface area contributed by atoms with E-state index in [1.165, 1.54) is 25.1 Å². The molecule has 0 amide bonds. The summed E-state index contributed by atoms with van der Waals surface area (Å²) >= 11 is 3.57. The van der Waals surface area contributed by atoms with Crippen molar-refractivity contribution >= 4 is 34.9 Å². The molecule has 2 aromatic heterocycles. The molecule has 37 heavy (non-hydrogen) atoms. The standard InChI is InChI=1S/C28H27N5O2S2/c1-17-10-12-29-27(31-17)18(2)32-19-8-9-23-25(15-19)36-24-7-3-5-20(26(24)37-23)22-16-33(13-14-35-22)21-6-4-11-30-28(21)34/h3-12,15,18,22,32H,13-14,16H2,1-2H3,(H,30,34). The van der Waals surface area contributed by atoms with E-state index < -0.39 is 0 Å². The van der Waals surface area contributed by atoms with Crippen LogP contribution in [0.3, 0.4) is 0 Å². The molecule has 2 aliphatic heterocycles. The highest BCUT2D eigenvalue weighted by atomic mass is 32.2. The van der Waals surface area contributed by atoms with E-state index in [-0.39, 0.29) is 17.7 Å². The van der Waals surface area contributed by atoms with Crippen molar-refractivity contribution in [3.63, 3.8) is 0 Å². The molecule has 0 aliphatic carbocycles. The molecule has 2 aliphatic rings. The Morgan fingerprint density at radius 1 is 1.11 bits per heavy atom. The van der Waals surface area contributed by atoms with Crippen molar-refractivity contribution in [2.24, 2.45) is 0 Å². The molecule has 2 aromatic carbocycles. The molecule has 1 saturated heterocycles. The van der Waals surface area contributed by atoms with Gasteiger partial charge in [0.15, 0.2) is 0 Å². The summed E-state index contributed by atoms with van der Waals surface area (Å²) in [4.78, 5) is 31.1. The lowest BCUT2D eigenvalue weighted by Crippen LogP contribution is -2.41. The van der Waals surface area contributed by atoms with Crippen LogP contribution >= 0.6 is 23.5 Å². The van der Waals surface area contributed by atoms with Crippen LogP contribution in [0.4, 0.5) is 11.4 Å². The summed E-state index contributed by atoms with van der Waals surface area (Å²) in [6.45, 7) is 5.98. The predicted molar refractivity (Wildman–Crippen MR) is 148 cm³/mol. The van der Waals surface area contributed by atoms with E-state index in [4.69, 9.17) is 4.74 Å². The zero-order valence-electron chi connectivity index (χ0n) is 20.6. The van der Waals surface area contributed by atoms with E-state index in [9.17, 15) is 4.79 Å². The fourth-order valence-electron chi connectivity index (χ4n) is 4.68. The van der Waals surface area contributed by atoms with Crippen molar-refractivity contribution < 1.29 is 4.74 Å². The summed E-state index contributed by atoms with van der Waals surface area (Å²) in [6, 6.07) is 18.6. The largest absolute Gasteiger partial charge is 0.375 e. The third-order valence-corrected chi connectivity index (χ3v) is 9.13. The Balaban J connectivity index is 1.22. The number of anilines is 2. The number of hydrogen-bond acceptors (Lipinski definition) is 8. The van der Waals surface area contributed by atoms with Crippen LogP contribution < -0.4 is 15.8 Å². The molecule has 0 radical (unpaired) electrons. The van der Waals surface area contributed by atoms with Crippen molar-refractivity contribution in [2.45, 2.75) is 45.6 Å². The monoisotopic (exact) mass is 529 g/mol. The first-order valence-corrected chi connectivity index (χ1v) is 13.9. The zero-order valence-corrected chi connectivity index (χ0v) is 22.2. The summed E-state index contributed by atoms with van der Waals surface area (Å²) in [5.74, 6) is 0.786. The second kappa shape index (κ2) is 10.2. The average Bonchev–Trinajstić information content (AvgIpc) is 2.92. The van der Waals surface area contributed by atoms with E-state index in [1.54, 1.807) is 35.9 Å². The Labute approximate surface area is 224 Å². The van der Waals surface area contributed by atoms with E-state index >= 15 is 0 Å². The van der Waals surface area contributed by atoms with E-state index in [0.29, 0.717) is 25.4 Å². The molecular formula is C28H27N5O2S2. The summed E-state index contributed by atoms with van der Waals surface area (Å²) in [6.07, 6.45) is 3.37. The van der Waals surface area contributed by atoms with Crippen LogP contribution in [0.15, 0.2) is 91.4 Å². The van der Waals surface area contributed by atoms with Crippen molar-refractivity contribution in [2.75, 3.05) is 29.9 Å². The van der Waals surface area contributed by atoms with Crippen molar-refractivity contribution in [3.05, 3.63) is 94.4 Å². The van der Waals surface area contributed by atoms with E-state index in [1.807, 2.05) is 25.1 Å². The molecule has 0 spiro atoms. The lowest BCUT2D eigenvalue weighted by Gasteiger charge is -2.35. The Morgan fingerprint density at radius 2 is 2.03 bits per heavy atom. The quantitative estimate of drug-likeness (QED) is 0.294. The fraction of sp³-hybridized carbons (Fsp3) is 0.250. The van der Waals surface area contributed by atoms with Crippen molar-refractivity contribution in [1.82, 2.24) is 15.0 Å². The number of ether oxygens (including phenoxy) is 1. The van der Waals surface area contributed by atoms with Crippen LogP contribution in [0.1, 0.15) is 36.2 Å². The Morgan fingerprint density at radius 3 is 2.89 bits per heavy atom. The Hall–Kier alpha value is -3.27. The minimum absolute atomic E-state index is 0.00123.